The van der Waals surface area contributed by atoms with Crippen molar-refractivity contribution in [3.8, 4) is 11.5 Å². The van der Waals surface area contributed by atoms with E-state index in [9.17, 15) is 4.79 Å². The van der Waals surface area contributed by atoms with Gasteiger partial charge in [0.25, 0.3) is 0 Å². The lowest BCUT2D eigenvalue weighted by Gasteiger charge is -2.21. The van der Waals surface area contributed by atoms with Gasteiger partial charge in [0.2, 0.25) is 0 Å². The van der Waals surface area contributed by atoms with Crippen LogP contribution in [0.4, 0.5) is 10.5 Å². The van der Waals surface area contributed by atoms with Crippen molar-refractivity contribution in [1.29, 1.82) is 5.41 Å². The lowest BCUT2D eigenvalue weighted by Crippen LogP contribution is -2.27. The Hall–Kier alpha value is -2.44. The molecule has 0 heterocycles. The zero-order valence-electron chi connectivity index (χ0n) is 13.6. The van der Waals surface area contributed by atoms with Crippen LogP contribution in [-0.4, -0.2) is 31.7 Å². The first-order valence-electron chi connectivity index (χ1n) is 6.74. The fraction of sp³-hybridized carbons (Fsp3) is 0.467. The molecule has 0 unspecified atom stereocenters. The monoisotopic (exact) mass is 309 g/mol. The molecule has 0 atom stereocenters. The van der Waals surface area contributed by atoms with Gasteiger partial charge in [0.1, 0.15) is 5.60 Å². The minimum atomic E-state index is -0.610. The molecule has 1 rings (SSSR count). The van der Waals surface area contributed by atoms with Crippen LogP contribution in [0.5, 0.6) is 11.5 Å². The van der Waals surface area contributed by atoms with E-state index in [1.807, 2.05) is 0 Å². The Balaban J connectivity index is 3.14. The number of amidine groups is 1. The van der Waals surface area contributed by atoms with Crippen LogP contribution in [0.3, 0.4) is 0 Å². The van der Waals surface area contributed by atoms with Gasteiger partial charge in [-0.3, -0.25) is 10.7 Å². The van der Waals surface area contributed by atoms with Crippen molar-refractivity contribution in [3.63, 3.8) is 0 Å². The molecule has 0 bridgehead atoms. The molecule has 1 amide bonds. The summed E-state index contributed by atoms with van der Waals surface area (Å²) in [6, 6.07) is 3.29. The Morgan fingerprint density at radius 3 is 2.23 bits per heavy atom. The van der Waals surface area contributed by atoms with Crippen molar-refractivity contribution in [3.05, 3.63) is 17.7 Å². The van der Waals surface area contributed by atoms with Crippen LogP contribution in [-0.2, 0) is 11.2 Å². The van der Waals surface area contributed by atoms with Gasteiger partial charge in [-0.2, -0.15) is 0 Å². The topological polar surface area (TPSA) is 107 Å². The number of benzene rings is 1. The van der Waals surface area contributed by atoms with E-state index >= 15 is 0 Å². The smallest absolute Gasteiger partial charge is 0.412 e. The molecule has 122 valence electrons. The number of nitrogens with one attached hydrogen (secondary N) is 2. The highest BCUT2D eigenvalue weighted by Crippen LogP contribution is 2.33. The Kier molecular flexibility index (Phi) is 5.62. The van der Waals surface area contributed by atoms with E-state index in [1.165, 1.54) is 14.2 Å². The fourth-order valence-corrected chi connectivity index (χ4v) is 1.80. The Morgan fingerprint density at radius 2 is 1.77 bits per heavy atom. The van der Waals surface area contributed by atoms with Gasteiger partial charge in [0, 0.05) is 12.5 Å². The van der Waals surface area contributed by atoms with Crippen LogP contribution >= 0.6 is 0 Å². The number of hydrogen-bond donors (Lipinski definition) is 3. The standard InChI is InChI=1S/C15H23N3O4/c1-15(2,3)22-14(19)18-10-8-12(21-5)11(20-4)6-9(10)7-13(16)17/h6,8H,7H2,1-5H3,(H3,16,17)(H,18,19). The summed E-state index contributed by atoms with van der Waals surface area (Å²) in [5, 5.41) is 10.1. The summed E-state index contributed by atoms with van der Waals surface area (Å²) in [6.07, 6.45) is -0.421. The van der Waals surface area contributed by atoms with Crippen molar-refractivity contribution >= 4 is 17.6 Å². The first kappa shape index (κ1) is 17.6. The largest absolute Gasteiger partial charge is 0.493 e. The molecular weight excluding hydrogens is 286 g/mol. The van der Waals surface area contributed by atoms with Gasteiger partial charge in [0.05, 0.1) is 25.7 Å². The SMILES string of the molecule is COc1cc(CC(=N)N)c(NC(=O)OC(C)(C)C)cc1OC. The molecule has 0 saturated carbocycles. The van der Waals surface area contributed by atoms with Gasteiger partial charge in [-0.15, -0.1) is 0 Å². The molecule has 0 aliphatic rings. The first-order valence-corrected chi connectivity index (χ1v) is 6.74. The summed E-state index contributed by atoms with van der Waals surface area (Å²) in [7, 11) is 3.01. The maximum atomic E-state index is 11.9. The van der Waals surface area contributed by atoms with E-state index in [2.05, 4.69) is 5.32 Å². The van der Waals surface area contributed by atoms with Crippen molar-refractivity contribution < 1.29 is 19.0 Å². The highest BCUT2D eigenvalue weighted by Gasteiger charge is 2.19. The average molecular weight is 309 g/mol. The molecule has 0 aliphatic heterocycles. The van der Waals surface area contributed by atoms with Crippen LogP contribution in [0, 0.1) is 5.41 Å². The van der Waals surface area contributed by atoms with E-state index in [1.54, 1.807) is 32.9 Å². The van der Waals surface area contributed by atoms with Gasteiger partial charge in [-0.05, 0) is 32.4 Å². The quantitative estimate of drug-likeness (QED) is 0.572. The van der Waals surface area contributed by atoms with Gasteiger partial charge in [-0.25, -0.2) is 4.79 Å². The molecule has 0 aliphatic carbocycles. The lowest BCUT2D eigenvalue weighted by molar-refractivity contribution is 0.0635. The zero-order valence-corrected chi connectivity index (χ0v) is 13.6. The molecule has 0 fully saturated rings. The van der Waals surface area contributed by atoms with Crippen molar-refractivity contribution in [1.82, 2.24) is 0 Å². The number of carbonyl (C=O) groups is 1. The molecule has 7 heteroatoms. The van der Waals surface area contributed by atoms with Gasteiger partial charge in [-0.1, -0.05) is 0 Å². The van der Waals surface area contributed by atoms with E-state index < -0.39 is 11.7 Å². The fourth-order valence-electron chi connectivity index (χ4n) is 1.80. The molecule has 0 radical (unpaired) electrons. The summed E-state index contributed by atoms with van der Waals surface area (Å²) in [6.45, 7) is 5.33. The van der Waals surface area contributed by atoms with Crippen LogP contribution < -0.4 is 20.5 Å². The second-order valence-corrected chi connectivity index (χ2v) is 5.69. The van der Waals surface area contributed by atoms with Crippen LogP contribution in [0.15, 0.2) is 12.1 Å². The third-order valence-electron chi connectivity index (χ3n) is 2.63. The van der Waals surface area contributed by atoms with E-state index in [0.29, 0.717) is 22.7 Å². The molecule has 1 aromatic carbocycles. The number of nitrogens with two attached hydrogens (primary N) is 1. The lowest BCUT2D eigenvalue weighted by atomic mass is 10.1. The number of amides is 1. The Labute approximate surface area is 130 Å². The van der Waals surface area contributed by atoms with Crippen molar-refractivity contribution in [2.24, 2.45) is 5.73 Å². The number of ether oxygens (including phenoxy) is 3. The van der Waals surface area contributed by atoms with Crippen LogP contribution in [0.25, 0.3) is 0 Å². The zero-order chi connectivity index (χ0) is 16.9. The number of anilines is 1. The minimum absolute atomic E-state index is 0.0283. The number of methoxy groups -OCH3 is 2. The molecule has 22 heavy (non-hydrogen) atoms. The van der Waals surface area contributed by atoms with Gasteiger partial charge < -0.3 is 19.9 Å². The second-order valence-electron chi connectivity index (χ2n) is 5.69. The highest BCUT2D eigenvalue weighted by molar-refractivity contribution is 5.89. The maximum absolute atomic E-state index is 11.9. The van der Waals surface area contributed by atoms with Crippen molar-refractivity contribution in [2.45, 2.75) is 32.8 Å². The Morgan fingerprint density at radius 1 is 1.23 bits per heavy atom. The van der Waals surface area contributed by atoms with Crippen LogP contribution in [0.1, 0.15) is 26.3 Å². The first-order chi connectivity index (χ1) is 10.2. The molecule has 0 saturated heterocycles. The average Bonchev–Trinajstić information content (AvgIpc) is 2.37. The third-order valence-corrected chi connectivity index (χ3v) is 2.63. The minimum Gasteiger partial charge on any atom is -0.493 e. The summed E-state index contributed by atoms with van der Waals surface area (Å²) in [5.41, 5.74) is 5.94. The van der Waals surface area contributed by atoms with Gasteiger partial charge >= 0.3 is 6.09 Å². The molecule has 0 aromatic heterocycles. The van der Waals surface area contributed by atoms with E-state index in [0.717, 1.165) is 0 Å². The van der Waals surface area contributed by atoms with Gasteiger partial charge in [0.15, 0.2) is 11.5 Å². The van der Waals surface area contributed by atoms with E-state index in [-0.39, 0.29) is 12.3 Å². The summed E-state index contributed by atoms with van der Waals surface area (Å²) in [4.78, 5) is 11.9. The summed E-state index contributed by atoms with van der Waals surface area (Å²) in [5.74, 6) is 0.925. The predicted molar refractivity (Wildman–Crippen MR) is 85.0 cm³/mol. The molecule has 7 nitrogen and oxygen atoms in total. The van der Waals surface area contributed by atoms with Crippen LogP contribution in [0.2, 0.25) is 0 Å². The molecule has 1 aromatic rings. The maximum Gasteiger partial charge on any atom is 0.412 e. The number of carbonyl (C=O) groups excluding carboxylic acids is 1. The summed E-state index contributed by atoms with van der Waals surface area (Å²) < 4.78 is 15.7. The Bertz CT molecular complexity index is 565. The predicted octanol–water partition coefficient (Wildman–Crippen LogP) is 2.53. The highest BCUT2D eigenvalue weighted by atomic mass is 16.6. The molecule has 4 N–H and O–H groups in total. The second kappa shape index (κ2) is 7.02. The number of hydrogen-bond acceptors (Lipinski definition) is 5. The summed E-state index contributed by atoms with van der Waals surface area (Å²) >= 11 is 0. The van der Waals surface area contributed by atoms with Crippen molar-refractivity contribution in [2.75, 3.05) is 19.5 Å². The molecular formula is C15H23N3O4. The third kappa shape index (κ3) is 5.16. The molecule has 0 spiro atoms. The van der Waals surface area contributed by atoms with E-state index in [4.69, 9.17) is 25.4 Å². The normalized spacial score (nSPS) is 10.8. The number of rotatable bonds is 5.